The summed E-state index contributed by atoms with van der Waals surface area (Å²) >= 11 is 0. The average Bonchev–Trinajstić information content (AvgIpc) is 3.38. The fourth-order valence-electron chi connectivity index (χ4n) is 3.79. The van der Waals surface area contributed by atoms with E-state index in [2.05, 4.69) is 69.1 Å². The summed E-state index contributed by atoms with van der Waals surface area (Å²) in [6, 6.07) is 10.4. The molecule has 1 N–H and O–H groups in total. The lowest BCUT2D eigenvalue weighted by molar-refractivity contribution is 0.414. The van der Waals surface area contributed by atoms with Crippen LogP contribution in [0.3, 0.4) is 0 Å². The number of aromatic nitrogens is 4. The van der Waals surface area contributed by atoms with Crippen LogP contribution < -0.4 is 10.1 Å². The molecule has 0 aliphatic carbocycles. The topological polar surface area (TPSA) is 72.5 Å². The molecule has 0 saturated heterocycles. The van der Waals surface area contributed by atoms with E-state index in [9.17, 15) is 0 Å². The van der Waals surface area contributed by atoms with E-state index >= 15 is 0 Å². The molecular weight excluding hydrogens is 390 g/mol. The van der Waals surface area contributed by atoms with Crippen LogP contribution in [0.2, 0.25) is 0 Å². The number of hydrogen-bond donors (Lipinski definition) is 1. The van der Waals surface area contributed by atoms with Crippen LogP contribution in [0.4, 0.5) is 0 Å². The molecular formula is C23H33N7O. The van der Waals surface area contributed by atoms with Crippen LogP contribution in [0.25, 0.3) is 5.69 Å². The summed E-state index contributed by atoms with van der Waals surface area (Å²) < 4.78 is 9.57. The molecule has 3 rings (SSSR count). The van der Waals surface area contributed by atoms with Gasteiger partial charge in [0.2, 0.25) is 0 Å². The van der Waals surface area contributed by atoms with E-state index in [1.54, 1.807) is 19.8 Å². The summed E-state index contributed by atoms with van der Waals surface area (Å²) in [6.45, 7) is 6.91. The van der Waals surface area contributed by atoms with Gasteiger partial charge >= 0.3 is 0 Å². The van der Waals surface area contributed by atoms with Gasteiger partial charge in [-0.3, -0.25) is 4.99 Å². The predicted molar refractivity (Wildman–Crippen MR) is 124 cm³/mol. The number of hydrogen-bond acceptors (Lipinski definition) is 4. The molecule has 3 aromatic rings. The van der Waals surface area contributed by atoms with E-state index < -0.39 is 0 Å². The molecule has 0 atom stereocenters. The molecule has 166 valence electrons. The molecule has 0 saturated carbocycles. The van der Waals surface area contributed by atoms with E-state index in [0.717, 1.165) is 49.9 Å². The maximum absolute atomic E-state index is 5.29. The standard InChI is InChI=1S/C23H33N7O/c1-18-14-20(19(2)30(18)21-8-10-22(31-5)11-9-21)15-28(4)23(24-3)25-12-6-7-13-29-16-26-27-17-29/h8-11,14,16-17H,6-7,12-13,15H2,1-5H3,(H,24,25). The third kappa shape index (κ3) is 5.65. The summed E-state index contributed by atoms with van der Waals surface area (Å²) in [6.07, 6.45) is 5.62. The van der Waals surface area contributed by atoms with Crippen LogP contribution >= 0.6 is 0 Å². The second-order valence-electron chi connectivity index (χ2n) is 7.67. The Balaban J connectivity index is 1.57. The number of nitrogens with one attached hydrogen (secondary N) is 1. The van der Waals surface area contributed by atoms with Gasteiger partial charge in [0, 0.05) is 50.8 Å². The van der Waals surface area contributed by atoms with Crippen molar-refractivity contribution in [2.45, 2.75) is 39.8 Å². The molecule has 2 aromatic heterocycles. The molecule has 8 nitrogen and oxygen atoms in total. The van der Waals surface area contributed by atoms with Crippen molar-refractivity contribution >= 4 is 5.96 Å². The monoisotopic (exact) mass is 423 g/mol. The van der Waals surface area contributed by atoms with Crippen LogP contribution in [-0.4, -0.2) is 57.9 Å². The lowest BCUT2D eigenvalue weighted by Crippen LogP contribution is -2.39. The molecule has 8 heteroatoms. The highest BCUT2D eigenvalue weighted by molar-refractivity contribution is 5.79. The van der Waals surface area contributed by atoms with Gasteiger partial charge in [-0.1, -0.05) is 0 Å². The van der Waals surface area contributed by atoms with Crippen molar-refractivity contribution < 1.29 is 4.74 Å². The van der Waals surface area contributed by atoms with Gasteiger partial charge in [-0.05, 0) is 62.6 Å². The molecule has 1 aromatic carbocycles. The van der Waals surface area contributed by atoms with Crippen LogP contribution in [0.5, 0.6) is 5.75 Å². The van der Waals surface area contributed by atoms with Gasteiger partial charge in [0.05, 0.1) is 7.11 Å². The summed E-state index contributed by atoms with van der Waals surface area (Å²) in [7, 11) is 5.59. The van der Waals surface area contributed by atoms with Gasteiger partial charge in [-0.2, -0.15) is 0 Å². The van der Waals surface area contributed by atoms with Gasteiger partial charge < -0.3 is 24.1 Å². The minimum absolute atomic E-state index is 0.788. The second-order valence-corrected chi connectivity index (χ2v) is 7.67. The zero-order chi connectivity index (χ0) is 22.2. The van der Waals surface area contributed by atoms with Crippen molar-refractivity contribution in [3.63, 3.8) is 0 Å². The van der Waals surface area contributed by atoms with Crippen LogP contribution in [0, 0.1) is 13.8 Å². The van der Waals surface area contributed by atoms with E-state index in [4.69, 9.17) is 4.74 Å². The minimum atomic E-state index is 0.788. The second kappa shape index (κ2) is 10.7. The van der Waals surface area contributed by atoms with E-state index in [1.165, 1.54) is 17.0 Å². The third-order valence-electron chi connectivity index (χ3n) is 5.44. The average molecular weight is 424 g/mol. The first-order chi connectivity index (χ1) is 15.0. The van der Waals surface area contributed by atoms with E-state index in [-0.39, 0.29) is 0 Å². The maximum atomic E-state index is 5.29. The first-order valence-electron chi connectivity index (χ1n) is 10.6. The number of aliphatic imine (C=N–C) groups is 1. The Morgan fingerprint density at radius 3 is 2.48 bits per heavy atom. The van der Waals surface area contributed by atoms with Gasteiger partial charge in [0.25, 0.3) is 0 Å². The SMILES string of the molecule is CN=C(NCCCCn1cnnc1)N(C)Cc1cc(C)n(-c2ccc(OC)cc2)c1C. The number of benzene rings is 1. The molecule has 0 radical (unpaired) electrons. The Hall–Kier alpha value is -3.29. The molecule has 0 spiro atoms. The Labute approximate surface area is 184 Å². The minimum Gasteiger partial charge on any atom is -0.497 e. The number of rotatable bonds is 9. The fourth-order valence-corrected chi connectivity index (χ4v) is 3.79. The number of ether oxygens (including phenoxy) is 1. The summed E-state index contributed by atoms with van der Waals surface area (Å²) in [5.41, 5.74) is 4.87. The van der Waals surface area contributed by atoms with Crippen LogP contribution in [0.15, 0.2) is 48.0 Å². The molecule has 0 bridgehead atoms. The quantitative estimate of drug-likeness (QED) is 0.325. The maximum Gasteiger partial charge on any atom is 0.193 e. The highest BCUT2D eigenvalue weighted by Crippen LogP contribution is 2.23. The van der Waals surface area contributed by atoms with Crippen molar-refractivity contribution in [1.29, 1.82) is 0 Å². The number of nitrogens with zero attached hydrogens (tertiary/aromatic N) is 6. The van der Waals surface area contributed by atoms with Crippen molar-refractivity contribution in [2.75, 3.05) is 27.7 Å². The first kappa shape index (κ1) is 22.4. The van der Waals surface area contributed by atoms with Crippen molar-refractivity contribution in [3.05, 3.63) is 59.9 Å². The van der Waals surface area contributed by atoms with E-state index in [0.29, 0.717) is 0 Å². The van der Waals surface area contributed by atoms with Crippen LogP contribution in [-0.2, 0) is 13.1 Å². The zero-order valence-corrected chi connectivity index (χ0v) is 19.2. The lowest BCUT2D eigenvalue weighted by atomic mass is 10.2. The zero-order valence-electron chi connectivity index (χ0n) is 19.2. The highest BCUT2D eigenvalue weighted by atomic mass is 16.5. The molecule has 0 amide bonds. The van der Waals surface area contributed by atoms with Gasteiger partial charge in [-0.15, -0.1) is 10.2 Å². The summed E-state index contributed by atoms with van der Waals surface area (Å²) in [5, 5.41) is 11.1. The molecule has 0 fully saturated rings. The summed E-state index contributed by atoms with van der Waals surface area (Å²) in [5.74, 6) is 1.77. The number of guanidine groups is 1. The molecule has 0 aliphatic heterocycles. The van der Waals surface area contributed by atoms with Gasteiger partial charge in [0.1, 0.15) is 18.4 Å². The Bertz CT molecular complexity index is 974. The van der Waals surface area contributed by atoms with Crippen molar-refractivity contribution in [2.24, 2.45) is 4.99 Å². The Kier molecular flexibility index (Phi) is 7.70. The fraction of sp³-hybridized carbons (Fsp3) is 0.435. The van der Waals surface area contributed by atoms with Crippen molar-refractivity contribution in [1.82, 2.24) is 29.5 Å². The molecule has 0 aliphatic rings. The van der Waals surface area contributed by atoms with E-state index in [1.807, 2.05) is 23.7 Å². The van der Waals surface area contributed by atoms with Gasteiger partial charge in [-0.25, -0.2) is 0 Å². The smallest absolute Gasteiger partial charge is 0.193 e. The Morgan fingerprint density at radius 1 is 1.13 bits per heavy atom. The predicted octanol–water partition coefficient (Wildman–Crippen LogP) is 3.18. The third-order valence-corrected chi connectivity index (χ3v) is 5.44. The largest absolute Gasteiger partial charge is 0.497 e. The molecule has 31 heavy (non-hydrogen) atoms. The van der Waals surface area contributed by atoms with Crippen molar-refractivity contribution in [3.8, 4) is 11.4 Å². The lowest BCUT2D eigenvalue weighted by Gasteiger charge is -2.22. The number of aryl methyl sites for hydroxylation is 2. The molecule has 0 unspecified atom stereocenters. The number of unbranched alkanes of at least 4 members (excludes halogenated alkanes) is 1. The van der Waals surface area contributed by atoms with Gasteiger partial charge in [0.15, 0.2) is 5.96 Å². The first-order valence-corrected chi connectivity index (χ1v) is 10.6. The van der Waals surface area contributed by atoms with Crippen LogP contribution in [0.1, 0.15) is 29.8 Å². The molecule has 2 heterocycles. The highest BCUT2D eigenvalue weighted by Gasteiger charge is 2.14. The summed E-state index contributed by atoms with van der Waals surface area (Å²) in [4.78, 5) is 6.62. The Morgan fingerprint density at radius 2 is 1.84 bits per heavy atom. The normalized spacial score (nSPS) is 11.6. The number of methoxy groups -OCH3 is 1.